The first kappa shape index (κ1) is 11.0. The average Bonchev–Trinajstić information content (AvgIpc) is 2.80. The molecule has 1 aromatic heterocycles. The van der Waals surface area contributed by atoms with E-state index in [2.05, 4.69) is 54.5 Å². The highest BCUT2D eigenvalue weighted by Crippen LogP contribution is 2.27. The molecule has 2 heteroatoms. The summed E-state index contributed by atoms with van der Waals surface area (Å²) in [4.78, 5) is 0. The molecule has 1 heterocycles. The maximum atomic E-state index is 4.29. The molecule has 0 aliphatic heterocycles. The van der Waals surface area contributed by atoms with Crippen molar-refractivity contribution in [3.63, 3.8) is 0 Å². The van der Waals surface area contributed by atoms with Gasteiger partial charge < -0.3 is 0 Å². The Morgan fingerprint density at radius 3 is 2.78 bits per heavy atom. The van der Waals surface area contributed by atoms with Gasteiger partial charge in [0.15, 0.2) is 0 Å². The minimum Gasteiger partial charge on any atom is -0.268 e. The Kier molecular flexibility index (Phi) is 2.63. The molecule has 18 heavy (non-hydrogen) atoms. The number of nitrogens with zero attached hydrogens (tertiary/aromatic N) is 2. The Balaban J connectivity index is 2.19. The third kappa shape index (κ3) is 1.70. The molecule has 0 saturated heterocycles. The highest BCUT2D eigenvalue weighted by Gasteiger charge is 2.05. The number of aromatic nitrogens is 2. The van der Waals surface area contributed by atoms with Gasteiger partial charge in [-0.25, -0.2) is 0 Å². The van der Waals surface area contributed by atoms with E-state index in [9.17, 15) is 0 Å². The number of fused-ring (bicyclic) bond motifs is 1. The maximum Gasteiger partial charge on any atom is 0.0679 e. The van der Waals surface area contributed by atoms with Crippen LogP contribution >= 0.6 is 0 Å². The van der Waals surface area contributed by atoms with E-state index >= 15 is 0 Å². The smallest absolute Gasteiger partial charge is 0.0679 e. The minimum atomic E-state index is 1.06. The molecular weight excluding hydrogens is 220 g/mol. The highest BCUT2D eigenvalue weighted by atomic mass is 15.2. The first-order valence-electron chi connectivity index (χ1n) is 6.29. The Labute approximate surface area is 107 Å². The lowest BCUT2D eigenvalue weighted by molar-refractivity contribution is 0.797. The second-order valence-corrected chi connectivity index (χ2v) is 4.55. The molecule has 0 unspecified atom stereocenters. The van der Waals surface area contributed by atoms with Gasteiger partial charge in [-0.2, -0.15) is 5.10 Å². The van der Waals surface area contributed by atoms with Gasteiger partial charge in [0, 0.05) is 12.4 Å². The average molecular weight is 236 g/mol. The van der Waals surface area contributed by atoms with Crippen LogP contribution in [-0.2, 0) is 13.5 Å². The van der Waals surface area contributed by atoms with Crippen LogP contribution in [0.5, 0.6) is 0 Å². The second-order valence-electron chi connectivity index (χ2n) is 4.55. The topological polar surface area (TPSA) is 17.8 Å². The van der Waals surface area contributed by atoms with Gasteiger partial charge in [0.05, 0.1) is 11.7 Å². The van der Waals surface area contributed by atoms with Gasteiger partial charge in [0.25, 0.3) is 0 Å². The Morgan fingerprint density at radius 2 is 1.94 bits per heavy atom. The summed E-state index contributed by atoms with van der Waals surface area (Å²) in [6.45, 7) is 2.20. The molecular formula is C16H16N2. The van der Waals surface area contributed by atoms with E-state index in [1.807, 2.05) is 17.9 Å². The number of benzene rings is 2. The van der Waals surface area contributed by atoms with E-state index in [-0.39, 0.29) is 0 Å². The van der Waals surface area contributed by atoms with Crippen LogP contribution < -0.4 is 0 Å². The molecule has 3 rings (SSSR count). The van der Waals surface area contributed by atoms with Crippen molar-refractivity contribution < 1.29 is 0 Å². The van der Waals surface area contributed by atoms with E-state index in [0.29, 0.717) is 0 Å². The SMILES string of the molecule is CCc1ccccc1-c1ccc2c(cnn2C)c1. The van der Waals surface area contributed by atoms with Crippen LogP contribution in [0.25, 0.3) is 22.0 Å². The first-order valence-corrected chi connectivity index (χ1v) is 6.29. The van der Waals surface area contributed by atoms with E-state index in [1.165, 1.54) is 27.6 Å². The van der Waals surface area contributed by atoms with Gasteiger partial charge >= 0.3 is 0 Å². The van der Waals surface area contributed by atoms with Crippen molar-refractivity contribution in [1.29, 1.82) is 0 Å². The zero-order valence-corrected chi connectivity index (χ0v) is 10.7. The van der Waals surface area contributed by atoms with Gasteiger partial charge in [-0.1, -0.05) is 37.3 Å². The first-order chi connectivity index (χ1) is 8.79. The van der Waals surface area contributed by atoms with Crippen LogP contribution in [0.1, 0.15) is 12.5 Å². The van der Waals surface area contributed by atoms with Crippen LogP contribution in [0.15, 0.2) is 48.7 Å². The Morgan fingerprint density at radius 1 is 1.11 bits per heavy atom. The number of hydrogen-bond donors (Lipinski definition) is 0. The summed E-state index contributed by atoms with van der Waals surface area (Å²) in [6.07, 6.45) is 2.98. The fourth-order valence-electron chi connectivity index (χ4n) is 2.44. The van der Waals surface area contributed by atoms with E-state index < -0.39 is 0 Å². The lowest BCUT2D eigenvalue weighted by atomic mass is 9.97. The summed E-state index contributed by atoms with van der Waals surface area (Å²) in [7, 11) is 1.97. The third-order valence-corrected chi connectivity index (χ3v) is 3.46. The van der Waals surface area contributed by atoms with Crippen molar-refractivity contribution >= 4 is 10.9 Å². The van der Waals surface area contributed by atoms with Gasteiger partial charge in [0.1, 0.15) is 0 Å². The van der Waals surface area contributed by atoms with Gasteiger partial charge in [0.2, 0.25) is 0 Å². The predicted molar refractivity (Wildman–Crippen MR) is 75.5 cm³/mol. The quantitative estimate of drug-likeness (QED) is 0.661. The van der Waals surface area contributed by atoms with Crippen LogP contribution in [0.3, 0.4) is 0 Å². The summed E-state index contributed by atoms with van der Waals surface area (Å²) >= 11 is 0. The van der Waals surface area contributed by atoms with Crippen molar-refractivity contribution in [2.24, 2.45) is 7.05 Å². The molecule has 3 aromatic rings. The number of aryl methyl sites for hydroxylation is 2. The summed E-state index contributed by atoms with van der Waals surface area (Å²) < 4.78 is 1.91. The molecule has 0 radical (unpaired) electrons. The van der Waals surface area contributed by atoms with Crippen molar-refractivity contribution in [3.05, 3.63) is 54.2 Å². The second kappa shape index (κ2) is 4.30. The van der Waals surface area contributed by atoms with Crippen LogP contribution in [-0.4, -0.2) is 9.78 Å². The molecule has 0 fully saturated rings. The van der Waals surface area contributed by atoms with E-state index in [1.54, 1.807) is 0 Å². The molecule has 2 nitrogen and oxygen atoms in total. The number of hydrogen-bond acceptors (Lipinski definition) is 1. The molecule has 0 saturated carbocycles. The van der Waals surface area contributed by atoms with Crippen LogP contribution in [0.4, 0.5) is 0 Å². The van der Waals surface area contributed by atoms with Gasteiger partial charge in [-0.05, 0) is 35.2 Å². The molecule has 90 valence electrons. The van der Waals surface area contributed by atoms with E-state index in [0.717, 1.165) is 6.42 Å². The molecule has 0 aliphatic rings. The monoisotopic (exact) mass is 236 g/mol. The zero-order valence-electron chi connectivity index (χ0n) is 10.7. The molecule has 0 aliphatic carbocycles. The molecule has 2 aromatic carbocycles. The van der Waals surface area contributed by atoms with Crippen LogP contribution in [0, 0.1) is 0 Å². The summed E-state index contributed by atoms with van der Waals surface area (Å²) in [5, 5.41) is 5.49. The highest BCUT2D eigenvalue weighted by molar-refractivity contribution is 5.85. The summed E-state index contributed by atoms with van der Waals surface area (Å²) in [6, 6.07) is 15.1. The fraction of sp³-hybridized carbons (Fsp3) is 0.188. The number of rotatable bonds is 2. The minimum absolute atomic E-state index is 1.06. The predicted octanol–water partition coefficient (Wildman–Crippen LogP) is 3.80. The lowest BCUT2D eigenvalue weighted by Crippen LogP contribution is -1.89. The lowest BCUT2D eigenvalue weighted by Gasteiger charge is -2.08. The van der Waals surface area contributed by atoms with Gasteiger partial charge in [-0.3, -0.25) is 4.68 Å². The molecule has 0 bridgehead atoms. The summed E-state index contributed by atoms with van der Waals surface area (Å²) in [5.74, 6) is 0. The third-order valence-electron chi connectivity index (χ3n) is 3.46. The van der Waals surface area contributed by atoms with E-state index in [4.69, 9.17) is 0 Å². The maximum absolute atomic E-state index is 4.29. The normalized spacial score (nSPS) is 11.0. The Bertz CT molecular complexity index is 695. The fourth-order valence-corrected chi connectivity index (χ4v) is 2.44. The van der Waals surface area contributed by atoms with Gasteiger partial charge in [-0.15, -0.1) is 0 Å². The molecule has 0 spiro atoms. The van der Waals surface area contributed by atoms with Crippen molar-refractivity contribution in [1.82, 2.24) is 9.78 Å². The zero-order chi connectivity index (χ0) is 12.5. The van der Waals surface area contributed by atoms with Crippen molar-refractivity contribution in [2.75, 3.05) is 0 Å². The molecule has 0 atom stereocenters. The Hall–Kier alpha value is -2.09. The summed E-state index contributed by atoms with van der Waals surface area (Å²) in [5.41, 5.74) is 5.16. The largest absolute Gasteiger partial charge is 0.268 e. The standard InChI is InChI=1S/C16H16N2/c1-3-12-6-4-5-7-15(12)13-8-9-16-14(10-13)11-17-18(16)2/h4-11H,3H2,1-2H3. The van der Waals surface area contributed by atoms with Crippen molar-refractivity contribution in [3.8, 4) is 11.1 Å². The molecule has 0 amide bonds. The van der Waals surface area contributed by atoms with Crippen LogP contribution in [0.2, 0.25) is 0 Å². The molecule has 0 N–H and O–H groups in total. The van der Waals surface area contributed by atoms with Crippen molar-refractivity contribution in [2.45, 2.75) is 13.3 Å².